The van der Waals surface area contributed by atoms with E-state index in [0.717, 1.165) is 15.8 Å². The molecular weight excluding hydrogens is 270 g/mol. The summed E-state index contributed by atoms with van der Waals surface area (Å²) in [6.45, 7) is 0. The van der Waals surface area contributed by atoms with Crippen LogP contribution >= 0.6 is 11.3 Å². The first-order chi connectivity index (χ1) is 9.86. The fourth-order valence-electron chi connectivity index (χ4n) is 1.74. The van der Waals surface area contributed by atoms with Crippen LogP contribution in [-0.2, 0) is 0 Å². The van der Waals surface area contributed by atoms with Crippen molar-refractivity contribution in [3.05, 3.63) is 60.2 Å². The smallest absolute Gasteiger partial charge is 0.231 e. The summed E-state index contributed by atoms with van der Waals surface area (Å²) in [7, 11) is 0. The molecule has 0 atom stereocenters. The van der Waals surface area contributed by atoms with Gasteiger partial charge in [0.15, 0.2) is 0 Å². The summed E-state index contributed by atoms with van der Waals surface area (Å²) < 4.78 is 1.08. The molecular formula is C14H11N5S. The highest BCUT2D eigenvalue weighted by atomic mass is 32.1. The van der Waals surface area contributed by atoms with Gasteiger partial charge in [0.1, 0.15) is 0 Å². The number of hydrogen-bond donors (Lipinski definition) is 1. The number of fused-ring (bicyclic) bond motifs is 1. The van der Waals surface area contributed by atoms with E-state index in [1.165, 1.54) is 11.3 Å². The molecule has 1 aromatic heterocycles. The predicted molar refractivity (Wildman–Crippen MR) is 81.3 cm³/mol. The van der Waals surface area contributed by atoms with Crippen molar-refractivity contribution in [2.45, 2.75) is 0 Å². The highest BCUT2D eigenvalue weighted by Crippen LogP contribution is 2.27. The molecule has 98 valence electrons. The Morgan fingerprint density at radius 3 is 2.50 bits per heavy atom. The van der Waals surface area contributed by atoms with Crippen LogP contribution in [0.5, 0.6) is 0 Å². The van der Waals surface area contributed by atoms with Gasteiger partial charge in [-0.1, -0.05) is 53.8 Å². The number of azo groups is 1. The van der Waals surface area contributed by atoms with Gasteiger partial charge < -0.3 is 5.84 Å². The van der Waals surface area contributed by atoms with E-state index in [4.69, 9.17) is 5.84 Å². The maximum absolute atomic E-state index is 5.36. The molecule has 0 bridgehead atoms. The third kappa shape index (κ3) is 2.55. The number of nitrogens with zero attached hydrogens (tertiary/aromatic N) is 4. The average molecular weight is 281 g/mol. The Kier molecular flexibility index (Phi) is 3.47. The molecule has 3 aromatic rings. The maximum atomic E-state index is 5.36. The molecule has 1 heterocycles. The molecule has 0 fully saturated rings. The molecule has 2 aromatic carbocycles. The number of aromatic nitrogens is 1. The summed E-state index contributed by atoms with van der Waals surface area (Å²) in [5, 5.41) is 12.4. The highest BCUT2D eigenvalue weighted by molar-refractivity contribution is 7.21. The van der Waals surface area contributed by atoms with Crippen LogP contribution in [-0.4, -0.2) is 10.8 Å². The molecule has 0 spiro atoms. The van der Waals surface area contributed by atoms with Crippen molar-refractivity contribution < 1.29 is 0 Å². The summed E-state index contributed by atoms with van der Waals surface area (Å²) in [5.41, 5.74) is 1.73. The summed E-state index contributed by atoms with van der Waals surface area (Å²) in [6.07, 6.45) is 0. The first-order valence-corrected chi connectivity index (χ1v) is 6.79. The van der Waals surface area contributed by atoms with Crippen LogP contribution in [0.15, 0.2) is 69.9 Å². The Morgan fingerprint density at radius 2 is 1.75 bits per heavy atom. The van der Waals surface area contributed by atoms with Crippen molar-refractivity contribution in [1.29, 1.82) is 0 Å². The maximum Gasteiger partial charge on any atom is 0.231 e. The van der Waals surface area contributed by atoms with E-state index >= 15 is 0 Å². The second kappa shape index (κ2) is 5.58. The van der Waals surface area contributed by atoms with E-state index in [1.54, 1.807) is 0 Å². The number of rotatable bonds is 2. The number of nitrogens with two attached hydrogens (primary N) is 1. The topological polar surface area (TPSA) is 76.0 Å². The highest BCUT2D eigenvalue weighted by Gasteiger charge is 2.04. The lowest BCUT2D eigenvalue weighted by Crippen LogP contribution is -1.99. The standard InChI is InChI=1S/C14H11N5S/c15-17-13(10-6-2-1-3-7-10)18-19-14-16-11-8-4-5-9-12(11)20-14/h1-9H,15H2. The summed E-state index contributed by atoms with van der Waals surface area (Å²) >= 11 is 1.48. The Balaban J connectivity index is 1.89. The first kappa shape index (κ1) is 12.4. The van der Waals surface area contributed by atoms with Crippen LogP contribution in [0, 0.1) is 0 Å². The molecule has 2 N–H and O–H groups in total. The zero-order chi connectivity index (χ0) is 13.8. The van der Waals surface area contributed by atoms with Gasteiger partial charge in [-0.2, -0.15) is 5.10 Å². The number of amidine groups is 1. The minimum atomic E-state index is 0.379. The molecule has 20 heavy (non-hydrogen) atoms. The number of thiazole rings is 1. The quantitative estimate of drug-likeness (QED) is 0.255. The van der Waals surface area contributed by atoms with Crippen molar-refractivity contribution in [3.8, 4) is 0 Å². The average Bonchev–Trinajstić information content (AvgIpc) is 2.92. The van der Waals surface area contributed by atoms with Gasteiger partial charge in [0.2, 0.25) is 11.0 Å². The molecule has 5 nitrogen and oxygen atoms in total. The van der Waals surface area contributed by atoms with Gasteiger partial charge in [-0.15, -0.1) is 10.2 Å². The minimum Gasteiger partial charge on any atom is -0.321 e. The van der Waals surface area contributed by atoms with E-state index in [-0.39, 0.29) is 0 Å². The van der Waals surface area contributed by atoms with Crippen molar-refractivity contribution in [2.75, 3.05) is 0 Å². The van der Waals surface area contributed by atoms with Crippen molar-refractivity contribution >= 4 is 32.5 Å². The Morgan fingerprint density at radius 1 is 1.00 bits per heavy atom. The second-order valence-electron chi connectivity index (χ2n) is 3.98. The molecule has 0 amide bonds. The Hall–Kier alpha value is -2.60. The van der Waals surface area contributed by atoms with Crippen LogP contribution < -0.4 is 5.84 Å². The first-order valence-electron chi connectivity index (χ1n) is 5.97. The summed E-state index contributed by atoms with van der Waals surface area (Å²) in [4.78, 5) is 4.37. The van der Waals surface area contributed by atoms with Crippen LogP contribution in [0.1, 0.15) is 5.56 Å². The lowest BCUT2D eigenvalue weighted by atomic mass is 10.2. The van der Waals surface area contributed by atoms with Crippen LogP contribution in [0.3, 0.4) is 0 Å². The number of para-hydroxylation sites is 1. The zero-order valence-electron chi connectivity index (χ0n) is 10.5. The van der Waals surface area contributed by atoms with Crippen LogP contribution in [0.2, 0.25) is 0 Å². The molecule has 0 aliphatic heterocycles. The van der Waals surface area contributed by atoms with E-state index in [0.29, 0.717) is 11.0 Å². The van der Waals surface area contributed by atoms with Gasteiger partial charge in [0.25, 0.3) is 0 Å². The lowest BCUT2D eigenvalue weighted by molar-refractivity contribution is 1.17. The minimum absolute atomic E-state index is 0.379. The molecule has 0 radical (unpaired) electrons. The molecule has 0 unspecified atom stereocenters. The summed E-state index contributed by atoms with van der Waals surface area (Å²) in [6, 6.07) is 17.3. The number of hydrazone groups is 1. The van der Waals surface area contributed by atoms with Crippen LogP contribution in [0.4, 0.5) is 5.13 Å². The fraction of sp³-hybridized carbons (Fsp3) is 0. The molecule has 3 rings (SSSR count). The van der Waals surface area contributed by atoms with Gasteiger partial charge in [0.05, 0.1) is 10.2 Å². The van der Waals surface area contributed by atoms with E-state index in [9.17, 15) is 0 Å². The number of hydrogen-bond acceptors (Lipinski definition) is 5. The van der Waals surface area contributed by atoms with Crippen molar-refractivity contribution in [2.24, 2.45) is 21.2 Å². The molecule has 0 saturated heterocycles. The van der Waals surface area contributed by atoms with Gasteiger partial charge in [-0.25, -0.2) is 4.98 Å². The van der Waals surface area contributed by atoms with E-state index < -0.39 is 0 Å². The fourth-order valence-corrected chi connectivity index (χ4v) is 2.53. The van der Waals surface area contributed by atoms with Gasteiger partial charge in [0, 0.05) is 5.56 Å². The third-order valence-corrected chi connectivity index (χ3v) is 3.59. The molecule has 0 aliphatic carbocycles. The molecule has 6 heteroatoms. The molecule has 0 saturated carbocycles. The number of benzene rings is 2. The largest absolute Gasteiger partial charge is 0.321 e. The SMILES string of the molecule is NN=C(N=Nc1nc2ccccc2s1)c1ccccc1. The zero-order valence-corrected chi connectivity index (χ0v) is 11.3. The lowest BCUT2D eigenvalue weighted by Gasteiger charge is -1.96. The monoisotopic (exact) mass is 281 g/mol. The molecule has 0 aliphatic rings. The van der Waals surface area contributed by atoms with Crippen molar-refractivity contribution in [1.82, 2.24) is 4.98 Å². The normalized spacial score (nSPS) is 12.3. The van der Waals surface area contributed by atoms with Gasteiger partial charge >= 0.3 is 0 Å². The van der Waals surface area contributed by atoms with Crippen LogP contribution in [0.25, 0.3) is 10.2 Å². The van der Waals surface area contributed by atoms with Gasteiger partial charge in [-0.05, 0) is 12.1 Å². The summed E-state index contributed by atoms with van der Waals surface area (Å²) in [5.74, 6) is 5.74. The third-order valence-electron chi connectivity index (χ3n) is 2.67. The Bertz CT molecular complexity index is 743. The Labute approximate surface area is 119 Å². The predicted octanol–water partition coefficient (Wildman–Crippen LogP) is 3.70. The van der Waals surface area contributed by atoms with Gasteiger partial charge in [-0.3, -0.25) is 0 Å². The van der Waals surface area contributed by atoms with E-state index in [1.807, 2.05) is 54.6 Å². The van der Waals surface area contributed by atoms with E-state index in [2.05, 4.69) is 20.3 Å². The second-order valence-corrected chi connectivity index (χ2v) is 4.99. The van der Waals surface area contributed by atoms with Crippen molar-refractivity contribution in [3.63, 3.8) is 0 Å².